The normalized spacial score (nSPS) is 38.4. The lowest BCUT2D eigenvalue weighted by molar-refractivity contribution is -0.161. The minimum atomic E-state index is -0.858. The number of nitrogens with zero attached hydrogens (tertiary/aromatic N) is 2. The smallest absolute Gasteiger partial charge is 0.308 e. The van der Waals surface area contributed by atoms with Crippen LogP contribution in [0.3, 0.4) is 0 Å². The minimum Gasteiger partial charge on any atom is -0.462 e. The van der Waals surface area contributed by atoms with Crippen LogP contribution in [0.2, 0.25) is 0 Å². The topological polar surface area (TPSA) is 132 Å². The molecule has 1 saturated heterocycles. The molecule has 1 amide bonds. The van der Waals surface area contributed by atoms with Crippen LogP contribution in [0.4, 0.5) is 0 Å². The summed E-state index contributed by atoms with van der Waals surface area (Å²) in [6.07, 6.45) is 7.37. The maximum absolute atomic E-state index is 13.1. The second kappa shape index (κ2) is 17.1. The summed E-state index contributed by atoms with van der Waals surface area (Å²) in [5.74, 6) is -0.275. The predicted octanol–water partition coefficient (Wildman–Crippen LogP) is 3.61. The zero-order valence-corrected chi connectivity index (χ0v) is 26.0. The number of hydrogen-bond donors (Lipinski definition) is 3. The SMILES string of the molecule is C[C@@H]1C[C@H](C)C[C@H](C)[C@@H](O)CC(=O)OC(C2CCC2C(=O)NCCN2CCOCC2)C/C=C/C=C(/C#N)[C@H](O)[C@@H](C)C1. The van der Waals surface area contributed by atoms with E-state index in [1.807, 2.05) is 19.9 Å². The Hall–Kier alpha value is -2.25. The van der Waals surface area contributed by atoms with Crippen LogP contribution >= 0.6 is 0 Å². The maximum Gasteiger partial charge on any atom is 0.308 e. The summed E-state index contributed by atoms with van der Waals surface area (Å²) < 4.78 is 11.3. The Morgan fingerprint density at radius 3 is 2.40 bits per heavy atom. The highest BCUT2D eigenvalue weighted by atomic mass is 16.5. The number of hydrogen-bond acceptors (Lipinski definition) is 8. The van der Waals surface area contributed by atoms with Crippen molar-refractivity contribution in [2.24, 2.45) is 35.5 Å². The first-order chi connectivity index (χ1) is 20.1. The Labute approximate surface area is 252 Å². The Balaban J connectivity index is 1.71. The molecule has 1 saturated carbocycles. The summed E-state index contributed by atoms with van der Waals surface area (Å²) in [5, 5.41) is 34.5. The van der Waals surface area contributed by atoms with E-state index in [4.69, 9.17) is 9.47 Å². The van der Waals surface area contributed by atoms with Crippen LogP contribution in [-0.2, 0) is 19.1 Å². The first kappa shape index (κ1) is 34.2. The molecule has 2 heterocycles. The van der Waals surface area contributed by atoms with Crippen LogP contribution in [0.15, 0.2) is 23.8 Å². The maximum atomic E-state index is 13.1. The van der Waals surface area contributed by atoms with E-state index < -0.39 is 24.3 Å². The van der Waals surface area contributed by atoms with Crippen molar-refractivity contribution in [1.82, 2.24) is 10.2 Å². The van der Waals surface area contributed by atoms with Gasteiger partial charge < -0.3 is 25.0 Å². The third-order valence-electron chi connectivity index (χ3n) is 9.41. The first-order valence-electron chi connectivity index (χ1n) is 16.0. The van der Waals surface area contributed by atoms with Crippen molar-refractivity contribution in [2.45, 2.75) is 91.0 Å². The zero-order valence-electron chi connectivity index (χ0n) is 26.0. The Kier molecular flexibility index (Phi) is 14.0. The highest BCUT2D eigenvalue weighted by Gasteiger charge is 2.43. The van der Waals surface area contributed by atoms with Crippen LogP contribution in [0.5, 0.6) is 0 Å². The van der Waals surface area contributed by atoms with Crippen LogP contribution in [0.1, 0.15) is 72.6 Å². The summed E-state index contributed by atoms with van der Waals surface area (Å²) >= 11 is 0. The van der Waals surface area contributed by atoms with Gasteiger partial charge in [0.1, 0.15) is 6.10 Å². The van der Waals surface area contributed by atoms with Gasteiger partial charge in [-0.05, 0) is 61.9 Å². The third-order valence-corrected chi connectivity index (χ3v) is 9.41. The van der Waals surface area contributed by atoms with Crippen molar-refractivity contribution in [1.29, 1.82) is 5.26 Å². The number of nitrogens with one attached hydrogen (secondary N) is 1. The quantitative estimate of drug-likeness (QED) is 0.416. The molecule has 3 rings (SSSR count). The van der Waals surface area contributed by atoms with Crippen LogP contribution < -0.4 is 5.32 Å². The van der Waals surface area contributed by atoms with E-state index in [-0.39, 0.29) is 36.0 Å². The van der Waals surface area contributed by atoms with E-state index in [9.17, 15) is 25.1 Å². The molecule has 9 heteroatoms. The summed E-state index contributed by atoms with van der Waals surface area (Å²) in [7, 11) is 0. The molecule has 3 aliphatic rings. The summed E-state index contributed by atoms with van der Waals surface area (Å²) in [4.78, 5) is 28.3. The molecule has 0 bridgehead atoms. The molecule has 0 aromatic carbocycles. The molecule has 0 aromatic rings. The number of nitriles is 1. The number of esters is 1. The van der Waals surface area contributed by atoms with Crippen molar-refractivity contribution in [3.63, 3.8) is 0 Å². The fourth-order valence-electron chi connectivity index (χ4n) is 6.82. The third kappa shape index (κ3) is 10.5. The monoisotopic (exact) mass is 587 g/mol. The molecule has 0 radical (unpaired) electrons. The fourth-order valence-corrected chi connectivity index (χ4v) is 6.82. The Morgan fingerprint density at radius 2 is 1.76 bits per heavy atom. The van der Waals surface area contributed by atoms with Gasteiger partial charge in [-0.15, -0.1) is 0 Å². The van der Waals surface area contributed by atoms with Crippen molar-refractivity contribution < 1.29 is 29.3 Å². The van der Waals surface area contributed by atoms with Gasteiger partial charge in [-0.25, -0.2) is 0 Å². The summed E-state index contributed by atoms with van der Waals surface area (Å²) in [6, 6.07) is 2.15. The van der Waals surface area contributed by atoms with Gasteiger partial charge in [0.05, 0.1) is 43.5 Å². The van der Waals surface area contributed by atoms with Crippen LogP contribution in [0, 0.1) is 46.8 Å². The number of aliphatic hydroxyl groups is 2. The zero-order chi connectivity index (χ0) is 30.6. The van der Waals surface area contributed by atoms with E-state index in [2.05, 4.69) is 30.1 Å². The van der Waals surface area contributed by atoms with Gasteiger partial charge in [0.15, 0.2) is 0 Å². The fraction of sp³-hybridized carbons (Fsp3) is 0.788. The van der Waals surface area contributed by atoms with Gasteiger partial charge in [-0.2, -0.15) is 5.26 Å². The molecule has 9 nitrogen and oxygen atoms in total. The minimum absolute atomic E-state index is 0.0142. The number of rotatable bonds is 5. The van der Waals surface area contributed by atoms with Gasteiger partial charge >= 0.3 is 5.97 Å². The highest BCUT2D eigenvalue weighted by molar-refractivity contribution is 5.80. The number of allylic oxidation sites excluding steroid dienone is 2. The number of morpholine rings is 1. The van der Waals surface area contributed by atoms with Crippen LogP contribution in [0.25, 0.3) is 0 Å². The standard InChI is InChI=1S/C33H53N3O6/c1-22-17-23(2)19-25(4)32(39)26(21-34)7-5-6-8-30(42-31(38)20-29(37)24(3)18-22)27-9-10-28(27)33(40)35-11-12-36-13-15-41-16-14-36/h5-7,22-25,27-30,32,37,39H,8-20H2,1-4H3,(H,35,40)/b6-5+,26-7-/t22-,23+,24-,25-,27?,28?,29-,30?,32+/m0/s1. The molecule has 236 valence electrons. The van der Waals surface area contributed by atoms with Crippen molar-refractivity contribution in [3.8, 4) is 6.07 Å². The molecule has 3 unspecified atom stereocenters. The molecule has 2 fully saturated rings. The van der Waals surface area contributed by atoms with Gasteiger partial charge in [0, 0.05) is 44.4 Å². The molecule has 1 aliphatic carbocycles. The second-order valence-electron chi connectivity index (χ2n) is 13.1. The molecular formula is C33H53N3O6. The number of amides is 1. The van der Waals surface area contributed by atoms with E-state index in [1.54, 1.807) is 12.2 Å². The number of ether oxygens (including phenoxy) is 2. The van der Waals surface area contributed by atoms with E-state index in [1.165, 1.54) is 0 Å². The molecular weight excluding hydrogens is 534 g/mol. The molecule has 3 N–H and O–H groups in total. The van der Waals surface area contributed by atoms with Crippen LogP contribution in [-0.4, -0.2) is 84.7 Å². The lowest BCUT2D eigenvalue weighted by Crippen LogP contribution is -2.48. The van der Waals surface area contributed by atoms with Crippen molar-refractivity contribution in [3.05, 3.63) is 23.8 Å². The molecule has 2 aliphatic heterocycles. The molecule has 0 spiro atoms. The number of cyclic esters (lactones) is 1. The Morgan fingerprint density at radius 1 is 1.07 bits per heavy atom. The van der Waals surface area contributed by atoms with Gasteiger partial charge in [-0.1, -0.05) is 39.8 Å². The molecule has 42 heavy (non-hydrogen) atoms. The van der Waals surface area contributed by atoms with E-state index >= 15 is 0 Å². The lowest BCUT2D eigenvalue weighted by atomic mass is 9.69. The lowest BCUT2D eigenvalue weighted by Gasteiger charge is -2.40. The largest absolute Gasteiger partial charge is 0.462 e. The summed E-state index contributed by atoms with van der Waals surface area (Å²) in [6.45, 7) is 12.8. The summed E-state index contributed by atoms with van der Waals surface area (Å²) in [5.41, 5.74) is 0.312. The Bertz CT molecular complexity index is 971. The number of carbonyl (C=O) groups excluding carboxylic acids is 2. The van der Waals surface area contributed by atoms with E-state index in [0.717, 1.165) is 51.7 Å². The van der Waals surface area contributed by atoms with E-state index in [0.29, 0.717) is 43.6 Å². The van der Waals surface area contributed by atoms with Gasteiger partial charge in [-0.3, -0.25) is 14.5 Å². The number of aliphatic hydroxyl groups excluding tert-OH is 2. The average Bonchev–Trinajstić information content (AvgIpc) is 2.91. The molecule has 9 atom stereocenters. The van der Waals surface area contributed by atoms with Crippen molar-refractivity contribution >= 4 is 11.9 Å². The predicted molar refractivity (Wildman–Crippen MR) is 161 cm³/mol. The average molecular weight is 588 g/mol. The molecule has 0 aromatic heterocycles. The van der Waals surface area contributed by atoms with Crippen molar-refractivity contribution in [2.75, 3.05) is 39.4 Å². The van der Waals surface area contributed by atoms with Gasteiger partial charge in [0.25, 0.3) is 0 Å². The second-order valence-corrected chi connectivity index (χ2v) is 13.1. The first-order valence-corrected chi connectivity index (χ1v) is 16.0. The number of carbonyl (C=O) groups is 2. The highest BCUT2D eigenvalue weighted by Crippen LogP contribution is 2.40. The van der Waals surface area contributed by atoms with Gasteiger partial charge in [0.2, 0.25) is 5.91 Å².